The van der Waals surface area contributed by atoms with Crippen LogP contribution in [-0.4, -0.2) is 54.7 Å². The highest BCUT2D eigenvalue weighted by atomic mass is 31.2. The monoisotopic (exact) mass is 411 g/mol. The van der Waals surface area contributed by atoms with E-state index < -0.39 is 31.9 Å². The number of benzene rings is 1. The molecule has 5 rings (SSSR count). The van der Waals surface area contributed by atoms with Gasteiger partial charge in [0.2, 0.25) is 0 Å². The molecule has 0 saturated carbocycles. The summed E-state index contributed by atoms with van der Waals surface area (Å²) in [6.45, 7) is 0.172. The summed E-state index contributed by atoms with van der Waals surface area (Å²) in [6, 6.07) is 9.14. The second kappa shape index (κ2) is 7.35. The Hall–Kier alpha value is -1.58. The molecule has 1 aromatic carbocycles. The Kier molecular flexibility index (Phi) is 5.18. The lowest BCUT2D eigenvalue weighted by Gasteiger charge is -2.53. The van der Waals surface area contributed by atoms with E-state index in [4.69, 9.17) is 18.7 Å². The number of ether oxygens (including phenoxy) is 3. The molecule has 5 atom stereocenters. The fourth-order valence-corrected chi connectivity index (χ4v) is 4.54. The van der Waals surface area contributed by atoms with E-state index in [2.05, 4.69) is 4.52 Å². The molecule has 152 valence electrons. The van der Waals surface area contributed by atoms with Gasteiger partial charge < -0.3 is 19.1 Å². The van der Waals surface area contributed by atoms with Crippen molar-refractivity contribution in [3.63, 3.8) is 0 Å². The molecule has 0 aliphatic carbocycles. The highest BCUT2D eigenvalue weighted by molar-refractivity contribution is 7.47. The van der Waals surface area contributed by atoms with Gasteiger partial charge >= 0.3 is 7.82 Å². The van der Waals surface area contributed by atoms with Crippen LogP contribution >= 0.6 is 7.82 Å². The van der Waals surface area contributed by atoms with Gasteiger partial charge in [0.1, 0.15) is 17.8 Å². The normalized spacial score (nSPS) is 31.8. The predicted octanol–water partition coefficient (Wildman–Crippen LogP) is 1.84. The number of phosphoric acid groups is 1. The van der Waals surface area contributed by atoms with Crippen molar-refractivity contribution in [1.82, 2.24) is 4.57 Å². The highest BCUT2D eigenvalue weighted by Gasteiger charge is 2.57. The molecule has 0 radical (unpaired) electrons. The van der Waals surface area contributed by atoms with E-state index in [0.717, 1.165) is 12.5 Å². The van der Waals surface area contributed by atoms with Crippen molar-refractivity contribution < 1.29 is 32.7 Å². The predicted molar refractivity (Wildman–Crippen MR) is 99.0 cm³/mol. The number of fused-ring (bicyclic) bond motifs is 4. The topological polar surface area (TPSA) is 105 Å². The van der Waals surface area contributed by atoms with Gasteiger partial charge in [-0.3, -0.25) is 18.4 Å². The van der Waals surface area contributed by atoms with Gasteiger partial charge in [-0.05, 0) is 17.5 Å². The summed E-state index contributed by atoms with van der Waals surface area (Å²) in [5.41, 5.74) is -1.34. The molecule has 9 nitrogen and oxygen atoms in total. The van der Waals surface area contributed by atoms with E-state index >= 15 is 0 Å². The Morgan fingerprint density at radius 2 is 2.11 bits per heavy atom. The van der Waals surface area contributed by atoms with Crippen molar-refractivity contribution in [1.29, 1.82) is 0 Å². The zero-order valence-corrected chi connectivity index (χ0v) is 16.4. The van der Waals surface area contributed by atoms with Gasteiger partial charge in [0.05, 0.1) is 13.2 Å². The molecule has 3 aliphatic rings. The first-order chi connectivity index (χ1) is 13.4. The number of phosphoric ester groups is 1. The van der Waals surface area contributed by atoms with Crippen LogP contribution in [0.3, 0.4) is 0 Å². The minimum Gasteiger partial charge on any atom is -0.381 e. The molecular weight excluding hydrogens is 389 g/mol. The largest absolute Gasteiger partial charge is 0.472 e. The number of methoxy groups -OCH3 is 1. The average Bonchev–Trinajstić information content (AvgIpc) is 2.69. The van der Waals surface area contributed by atoms with Crippen LogP contribution in [0.2, 0.25) is 0 Å². The van der Waals surface area contributed by atoms with E-state index in [-0.39, 0.29) is 25.2 Å². The van der Waals surface area contributed by atoms with Gasteiger partial charge in [0.25, 0.3) is 5.56 Å². The van der Waals surface area contributed by atoms with Gasteiger partial charge in [-0.1, -0.05) is 18.2 Å². The fourth-order valence-electron chi connectivity index (χ4n) is 3.86. The van der Waals surface area contributed by atoms with Crippen LogP contribution in [-0.2, 0) is 27.8 Å². The van der Waals surface area contributed by atoms with Crippen LogP contribution in [0.5, 0.6) is 0 Å². The number of pyridine rings is 1. The second-order valence-corrected chi connectivity index (χ2v) is 8.47. The van der Waals surface area contributed by atoms with Crippen molar-refractivity contribution in [3.8, 4) is 0 Å². The van der Waals surface area contributed by atoms with Crippen molar-refractivity contribution in [3.05, 3.63) is 46.9 Å². The molecule has 2 aromatic rings. The smallest absolute Gasteiger partial charge is 0.381 e. The van der Waals surface area contributed by atoms with Crippen molar-refractivity contribution in [2.45, 2.75) is 30.5 Å². The van der Waals surface area contributed by atoms with E-state index in [9.17, 15) is 14.3 Å². The van der Waals surface area contributed by atoms with Gasteiger partial charge in [0, 0.05) is 32.2 Å². The zero-order chi connectivity index (χ0) is 19.9. The molecule has 2 bridgehead atoms. The van der Waals surface area contributed by atoms with Crippen molar-refractivity contribution in [2.24, 2.45) is 0 Å². The maximum Gasteiger partial charge on any atom is 0.472 e. The van der Waals surface area contributed by atoms with Crippen LogP contribution < -0.4 is 5.56 Å². The number of rotatable bonds is 6. The van der Waals surface area contributed by atoms with E-state index in [1.807, 2.05) is 18.2 Å². The van der Waals surface area contributed by atoms with Crippen LogP contribution in [0.15, 0.2) is 41.3 Å². The second-order valence-electron chi connectivity index (χ2n) is 6.95. The maximum atomic E-state index is 13.0. The maximum absolute atomic E-state index is 13.0. The quantitative estimate of drug-likeness (QED) is 0.718. The zero-order valence-electron chi connectivity index (χ0n) is 15.5. The third kappa shape index (κ3) is 3.33. The Bertz CT molecular complexity index is 973. The molecule has 0 amide bonds. The Balaban J connectivity index is 1.70. The standard InChI is InChI=1S/C18H22NO8P/c1-23-10-18-11-25-14(9-15(18)27-28(21,22)24-2)17(26-18)19-8-7-12-5-3-4-6-13(12)16(19)20/h3-8,14-15,17H,9-11H2,1-2H3,(H,21,22)/t14-,15-,17?,18-/m0/s1. The molecule has 3 saturated heterocycles. The summed E-state index contributed by atoms with van der Waals surface area (Å²) >= 11 is 0. The van der Waals surface area contributed by atoms with E-state index in [0.29, 0.717) is 5.39 Å². The summed E-state index contributed by atoms with van der Waals surface area (Å²) in [4.78, 5) is 22.7. The minimum atomic E-state index is -4.23. The molecule has 3 aliphatic heterocycles. The lowest BCUT2D eigenvalue weighted by Crippen LogP contribution is -2.66. The summed E-state index contributed by atoms with van der Waals surface area (Å²) < 4.78 is 40.7. The summed E-state index contributed by atoms with van der Waals surface area (Å²) in [6.07, 6.45) is -0.0985. The van der Waals surface area contributed by atoms with Crippen LogP contribution in [0.1, 0.15) is 12.6 Å². The summed E-state index contributed by atoms with van der Waals surface area (Å²) in [5.74, 6) is 0. The first kappa shape index (κ1) is 19.7. The Morgan fingerprint density at radius 3 is 2.86 bits per heavy atom. The van der Waals surface area contributed by atoms with Gasteiger partial charge in [0.15, 0.2) is 6.23 Å². The molecule has 1 aromatic heterocycles. The number of aromatic nitrogens is 1. The lowest BCUT2D eigenvalue weighted by atomic mass is 9.86. The van der Waals surface area contributed by atoms with Crippen molar-refractivity contribution in [2.75, 3.05) is 27.4 Å². The number of hydrogen-bond donors (Lipinski definition) is 1. The van der Waals surface area contributed by atoms with E-state index in [1.54, 1.807) is 18.3 Å². The number of nitrogens with zero attached hydrogens (tertiary/aromatic N) is 1. The van der Waals surface area contributed by atoms with Crippen LogP contribution in [0.25, 0.3) is 10.8 Å². The van der Waals surface area contributed by atoms with Crippen LogP contribution in [0, 0.1) is 0 Å². The molecule has 3 fully saturated rings. The lowest BCUT2D eigenvalue weighted by molar-refractivity contribution is -0.334. The molecule has 2 unspecified atom stereocenters. The first-order valence-corrected chi connectivity index (χ1v) is 10.3. The van der Waals surface area contributed by atoms with Gasteiger partial charge in [-0.2, -0.15) is 0 Å². The van der Waals surface area contributed by atoms with E-state index in [1.165, 1.54) is 11.7 Å². The number of hydrogen-bond acceptors (Lipinski definition) is 7. The molecular formula is C18H22NO8P. The highest BCUT2D eigenvalue weighted by Crippen LogP contribution is 2.51. The van der Waals surface area contributed by atoms with Gasteiger partial charge in [-0.25, -0.2) is 4.57 Å². The molecule has 1 N–H and O–H groups in total. The Labute approximate surface area is 161 Å². The summed E-state index contributed by atoms with van der Waals surface area (Å²) in [5, 5.41) is 1.41. The molecule has 10 heteroatoms. The molecule has 0 spiro atoms. The SMILES string of the molecule is COC[C@]12CO[C@@H](C[C@@H]1OP(=O)(O)OC)C(n1ccc3ccccc3c1=O)O2. The average molecular weight is 411 g/mol. The molecule has 4 heterocycles. The third-order valence-corrected chi connectivity index (χ3v) is 6.23. The fraction of sp³-hybridized carbons (Fsp3) is 0.500. The third-order valence-electron chi connectivity index (χ3n) is 5.24. The van der Waals surface area contributed by atoms with Gasteiger partial charge in [-0.15, -0.1) is 0 Å². The minimum absolute atomic E-state index is 0.0624. The summed E-state index contributed by atoms with van der Waals surface area (Å²) in [7, 11) is -1.65. The molecule has 28 heavy (non-hydrogen) atoms. The van der Waals surface area contributed by atoms with Crippen LogP contribution in [0.4, 0.5) is 0 Å². The first-order valence-electron chi connectivity index (χ1n) is 8.84. The Morgan fingerprint density at radius 1 is 1.32 bits per heavy atom. The van der Waals surface area contributed by atoms with Crippen molar-refractivity contribution >= 4 is 18.6 Å².